The highest BCUT2D eigenvalue weighted by Crippen LogP contribution is 2.36. The quantitative estimate of drug-likeness (QED) is 0.843. The maximum Gasteiger partial charge on any atom is 0.122 e. The molecule has 1 aliphatic rings. The maximum atomic E-state index is 5.53. The molecule has 1 aromatic carbocycles. The lowest BCUT2D eigenvalue weighted by atomic mass is 9.72. The minimum atomic E-state index is 0.566. The molecular weight excluding hydrogens is 258 g/mol. The number of hydrogen-bond donors (Lipinski definition) is 1. The van der Waals surface area contributed by atoms with E-state index in [0.717, 1.165) is 36.5 Å². The van der Waals surface area contributed by atoms with Gasteiger partial charge in [-0.05, 0) is 61.6 Å². The molecule has 0 saturated heterocycles. The summed E-state index contributed by atoms with van der Waals surface area (Å²) >= 11 is 0. The molecule has 0 amide bonds. The van der Waals surface area contributed by atoms with Gasteiger partial charge in [0.25, 0.3) is 0 Å². The zero-order chi connectivity index (χ0) is 15.2. The van der Waals surface area contributed by atoms with Crippen molar-refractivity contribution in [1.82, 2.24) is 5.32 Å². The summed E-state index contributed by atoms with van der Waals surface area (Å²) in [6, 6.07) is 9.02. The van der Waals surface area contributed by atoms with Gasteiger partial charge in [0.05, 0.1) is 7.11 Å². The van der Waals surface area contributed by atoms with Crippen molar-refractivity contribution in [2.45, 2.75) is 52.5 Å². The molecule has 2 heteroatoms. The summed E-state index contributed by atoms with van der Waals surface area (Å²) < 4.78 is 5.53. The van der Waals surface area contributed by atoms with Crippen LogP contribution in [0.25, 0.3) is 0 Å². The van der Waals surface area contributed by atoms with Crippen LogP contribution in [-0.4, -0.2) is 19.7 Å². The van der Waals surface area contributed by atoms with Crippen molar-refractivity contribution in [1.29, 1.82) is 0 Å². The molecule has 0 bridgehead atoms. The normalized spacial score (nSPS) is 27.3. The number of nitrogens with one attached hydrogen (secondary N) is 1. The number of benzene rings is 1. The summed E-state index contributed by atoms with van der Waals surface area (Å²) in [5.41, 5.74) is 1.33. The van der Waals surface area contributed by atoms with Gasteiger partial charge < -0.3 is 10.1 Å². The Morgan fingerprint density at radius 2 is 1.81 bits per heavy atom. The van der Waals surface area contributed by atoms with Crippen LogP contribution < -0.4 is 10.1 Å². The van der Waals surface area contributed by atoms with Gasteiger partial charge in [0.1, 0.15) is 5.75 Å². The van der Waals surface area contributed by atoms with Gasteiger partial charge in [-0.25, -0.2) is 0 Å². The van der Waals surface area contributed by atoms with Crippen LogP contribution in [0.3, 0.4) is 0 Å². The number of hydrogen-bond acceptors (Lipinski definition) is 2. The highest BCUT2D eigenvalue weighted by molar-refractivity contribution is 5.34. The lowest BCUT2D eigenvalue weighted by Gasteiger charge is -2.37. The molecule has 3 atom stereocenters. The van der Waals surface area contributed by atoms with Crippen LogP contribution in [0, 0.1) is 17.8 Å². The van der Waals surface area contributed by atoms with E-state index in [1.54, 1.807) is 7.11 Å². The van der Waals surface area contributed by atoms with Crippen LogP contribution in [0.4, 0.5) is 0 Å². The molecule has 118 valence electrons. The van der Waals surface area contributed by atoms with Gasteiger partial charge in [-0.3, -0.25) is 0 Å². The second-order valence-corrected chi connectivity index (χ2v) is 6.86. The number of rotatable bonds is 6. The van der Waals surface area contributed by atoms with Crippen LogP contribution in [0.15, 0.2) is 24.3 Å². The fourth-order valence-electron chi connectivity index (χ4n) is 4.11. The van der Waals surface area contributed by atoms with E-state index in [9.17, 15) is 0 Å². The second kappa shape index (κ2) is 7.84. The number of para-hydroxylation sites is 1. The smallest absolute Gasteiger partial charge is 0.122 e. The first-order valence-electron chi connectivity index (χ1n) is 8.49. The fourth-order valence-corrected chi connectivity index (χ4v) is 4.11. The standard InChI is InChI=1S/C19H31NO/c1-5-20-18(17-11-14(2)10-15(3)12-17)13-16-8-6-7-9-19(16)21-4/h6-9,14-15,17-18,20H,5,10-13H2,1-4H3. The third kappa shape index (κ3) is 4.47. The van der Waals surface area contributed by atoms with Gasteiger partial charge in [-0.2, -0.15) is 0 Å². The van der Waals surface area contributed by atoms with Gasteiger partial charge in [0.2, 0.25) is 0 Å². The third-order valence-electron chi connectivity index (χ3n) is 4.88. The summed E-state index contributed by atoms with van der Waals surface area (Å²) in [6.07, 6.45) is 5.18. The molecule has 1 saturated carbocycles. The van der Waals surface area contributed by atoms with Crippen molar-refractivity contribution in [3.8, 4) is 5.75 Å². The summed E-state index contributed by atoms with van der Waals surface area (Å²) in [5.74, 6) is 3.53. The predicted octanol–water partition coefficient (Wildman–Crippen LogP) is 4.29. The highest BCUT2D eigenvalue weighted by atomic mass is 16.5. The van der Waals surface area contributed by atoms with E-state index in [-0.39, 0.29) is 0 Å². The molecule has 2 nitrogen and oxygen atoms in total. The Morgan fingerprint density at radius 1 is 1.14 bits per heavy atom. The Bertz CT molecular complexity index is 421. The zero-order valence-electron chi connectivity index (χ0n) is 14.1. The van der Waals surface area contributed by atoms with E-state index < -0.39 is 0 Å². The first kappa shape index (κ1) is 16.4. The van der Waals surface area contributed by atoms with E-state index in [1.807, 2.05) is 0 Å². The summed E-state index contributed by atoms with van der Waals surface area (Å²) in [4.78, 5) is 0. The topological polar surface area (TPSA) is 21.3 Å². The summed E-state index contributed by atoms with van der Waals surface area (Å²) in [5, 5.41) is 3.74. The molecule has 0 radical (unpaired) electrons. The maximum absolute atomic E-state index is 5.53. The average molecular weight is 289 g/mol. The predicted molar refractivity (Wildman–Crippen MR) is 89.8 cm³/mol. The van der Waals surface area contributed by atoms with Crippen LogP contribution in [0.1, 0.15) is 45.6 Å². The van der Waals surface area contributed by atoms with Gasteiger partial charge in [-0.1, -0.05) is 39.0 Å². The molecule has 1 aliphatic carbocycles. The summed E-state index contributed by atoms with van der Waals surface area (Å²) in [7, 11) is 1.77. The monoisotopic (exact) mass is 289 g/mol. The Morgan fingerprint density at radius 3 is 2.43 bits per heavy atom. The summed E-state index contributed by atoms with van der Waals surface area (Å²) in [6.45, 7) is 8.08. The van der Waals surface area contributed by atoms with Crippen molar-refractivity contribution >= 4 is 0 Å². The van der Waals surface area contributed by atoms with Crippen LogP contribution in [0.2, 0.25) is 0 Å². The van der Waals surface area contributed by atoms with Crippen LogP contribution in [0.5, 0.6) is 5.75 Å². The molecule has 0 aliphatic heterocycles. The van der Waals surface area contributed by atoms with E-state index in [1.165, 1.54) is 24.8 Å². The lowest BCUT2D eigenvalue weighted by Crippen LogP contribution is -2.41. The van der Waals surface area contributed by atoms with Gasteiger partial charge in [-0.15, -0.1) is 0 Å². The van der Waals surface area contributed by atoms with Crippen LogP contribution in [-0.2, 0) is 6.42 Å². The molecular formula is C19H31NO. The van der Waals surface area contributed by atoms with Crippen LogP contribution >= 0.6 is 0 Å². The first-order chi connectivity index (χ1) is 10.1. The Balaban J connectivity index is 2.11. The fraction of sp³-hybridized carbons (Fsp3) is 0.684. The molecule has 21 heavy (non-hydrogen) atoms. The molecule has 1 N–H and O–H groups in total. The molecule has 3 unspecified atom stereocenters. The van der Waals surface area contributed by atoms with Crippen molar-refractivity contribution in [3.63, 3.8) is 0 Å². The number of methoxy groups -OCH3 is 1. The van der Waals surface area contributed by atoms with Crippen molar-refractivity contribution in [2.75, 3.05) is 13.7 Å². The molecule has 0 heterocycles. The minimum Gasteiger partial charge on any atom is -0.496 e. The van der Waals surface area contributed by atoms with Crippen molar-refractivity contribution < 1.29 is 4.74 Å². The molecule has 2 rings (SSSR count). The van der Waals surface area contributed by atoms with E-state index >= 15 is 0 Å². The molecule has 0 spiro atoms. The Kier molecular flexibility index (Phi) is 6.10. The average Bonchev–Trinajstić information content (AvgIpc) is 2.46. The van der Waals surface area contributed by atoms with E-state index in [0.29, 0.717) is 6.04 Å². The van der Waals surface area contributed by atoms with Crippen molar-refractivity contribution in [2.24, 2.45) is 17.8 Å². The molecule has 1 aromatic rings. The lowest BCUT2D eigenvalue weighted by molar-refractivity contribution is 0.176. The third-order valence-corrected chi connectivity index (χ3v) is 4.88. The molecule has 0 aromatic heterocycles. The number of ether oxygens (including phenoxy) is 1. The van der Waals surface area contributed by atoms with E-state index in [2.05, 4.69) is 50.4 Å². The largest absolute Gasteiger partial charge is 0.496 e. The Hall–Kier alpha value is -1.02. The van der Waals surface area contributed by atoms with Gasteiger partial charge in [0, 0.05) is 6.04 Å². The second-order valence-electron chi connectivity index (χ2n) is 6.86. The SMILES string of the molecule is CCNC(Cc1ccccc1OC)C1CC(C)CC(C)C1. The zero-order valence-corrected chi connectivity index (χ0v) is 14.1. The Labute approximate surface area is 130 Å². The highest BCUT2D eigenvalue weighted by Gasteiger charge is 2.30. The van der Waals surface area contributed by atoms with E-state index in [4.69, 9.17) is 4.74 Å². The first-order valence-corrected chi connectivity index (χ1v) is 8.49. The molecule has 1 fully saturated rings. The number of likely N-dealkylation sites (N-methyl/N-ethyl adjacent to an activating group) is 1. The van der Waals surface area contributed by atoms with Gasteiger partial charge in [0.15, 0.2) is 0 Å². The van der Waals surface area contributed by atoms with Gasteiger partial charge >= 0.3 is 0 Å². The minimum absolute atomic E-state index is 0.566. The van der Waals surface area contributed by atoms with Crippen molar-refractivity contribution in [3.05, 3.63) is 29.8 Å².